The molecular formula is C23H21BrN2O3S. The summed E-state index contributed by atoms with van der Waals surface area (Å²) < 4.78 is 28.8. The molecule has 1 aliphatic heterocycles. The van der Waals surface area contributed by atoms with Crippen molar-refractivity contribution in [2.75, 3.05) is 16.2 Å². The van der Waals surface area contributed by atoms with E-state index in [9.17, 15) is 13.2 Å². The summed E-state index contributed by atoms with van der Waals surface area (Å²) in [6.07, 6.45) is 0.767. The van der Waals surface area contributed by atoms with Gasteiger partial charge in [0.15, 0.2) is 0 Å². The van der Waals surface area contributed by atoms with Crippen LogP contribution in [0, 0.1) is 6.92 Å². The second-order valence-corrected chi connectivity index (χ2v) is 9.93. The Morgan fingerprint density at radius 2 is 1.80 bits per heavy atom. The number of anilines is 2. The fourth-order valence-electron chi connectivity index (χ4n) is 3.79. The Kier molecular flexibility index (Phi) is 5.42. The van der Waals surface area contributed by atoms with Crippen LogP contribution in [0.2, 0.25) is 0 Å². The van der Waals surface area contributed by atoms with Crippen molar-refractivity contribution in [2.45, 2.75) is 25.2 Å². The molecular weight excluding hydrogens is 464 g/mol. The first-order valence-electron chi connectivity index (χ1n) is 9.63. The molecule has 1 heterocycles. The van der Waals surface area contributed by atoms with Crippen LogP contribution in [-0.4, -0.2) is 20.9 Å². The normalized spacial score (nSPS) is 14.0. The fourth-order valence-corrected chi connectivity index (χ4v) is 5.80. The molecule has 7 heteroatoms. The predicted molar refractivity (Wildman–Crippen MR) is 123 cm³/mol. The van der Waals surface area contributed by atoms with E-state index in [4.69, 9.17) is 0 Å². The fraction of sp³-hybridized carbons (Fsp3) is 0.174. The van der Waals surface area contributed by atoms with Crippen LogP contribution >= 0.6 is 15.9 Å². The van der Waals surface area contributed by atoms with Gasteiger partial charge in [-0.3, -0.25) is 9.10 Å². The predicted octanol–water partition coefficient (Wildman–Crippen LogP) is 5.13. The molecule has 1 N–H and O–H groups in total. The van der Waals surface area contributed by atoms with Crippen LogP contribution in [0.5, 0.6) is 0 Å². The number of amides is 1. The molecule has 3 aromatic carbocycles. The average Bonchev–Trinajstić information content (AvgIpc) is 2.73. The number of hydrogen-bond donors (Lipinski definition) is 1. The molecule has 154 valence electrons. The van der Waals surface area contributed by atoms with Crippen molar-refractivity contribution in [3.8, 4) is 11.1 Å². The largest absolute Gasteiger partial charge is 0.324 e. The Balaban J connectivity index is 1.74. The molecule has 5 nitrogen and oxygen atoms in total. The highest BCUT2D eigenvalue weighted by Crippen LogP contribution is 2.43. The summed E-state index contributed by atoms with van der Waals surface area (Å²) in [7, 11) is -3.87. The van der Waals surface area contributed by atoms with Crippen molar-refractivity contribution in [2.24, 2.45) is 0 Å². The molecule has 1 aliphatic rings. The van der Waals surface area contributed by atoms with Crippen molar-refractivity contribution in [3.63, 3.8) is 0 Å². The van der Waals surface area contributed by atoms with Gasteiger partial charge in [-0.25, -0.2) is 8.42 Å². The van der Waals surface area contributed by atoms with E-state index in [0.29, 0.717) is 11.3 Å². The Morgan fingerprint density at radius 1 is 1.03 bits per heavy atom. The number of hydrogen-bond acceptors (Lipinski definition) is 3. The maximum atomic E-state index is 13.4. The first-order valence-corrected chi connectivity index (χ1v) is 11.9. The van der Waals surface area contributed by atoms with Crippen LogP contribution in [-0.2, 0) is 21.2 Å². The number of carbonyl (C=O) groups is 1. The van der Waals surface area contributed by atoms with Gasteiger partial charge in [-0.2, -0.15) is 0 Å². The van der Waals surface area contributed by atoms with Crippen molar-refractivity contribution in [3.05, 3.63) is 76.3 Å². The third-order valence-electron chi connectivity index (χ3n) is 5.26. The van der Waals surface area contributed by atoms with E-state index in [1.165, 1.54) is 4.31 Å². The summed E-state index contributed by atoms with van der Waals surface area (Å²) in [5, 5.41) is 2.93. The zero-order valence-corrected chi connectivity index (χ0v) is 19.0. The lowest BCUT2D eigenvalue weighted by molar-refractivity contribution is -0.114. The van der Waals surface area contributed by atoms with Gasteiger partial charge in [0, 0.05) is 21.3 Å². The molecule has 1 amide bonds. The van der Waals surface area contributed by atoms with Crippen LogP contribution in [0.3, 0.4) is 0 Å². The summed E-state index contributed by atoms with van der Waals surface area (Å²) in [6.45, 7) is 3.64. The molecule has 4 rings (SSSR count). The topological polar surface area (TPSA) is 66.5 Å². The Morgan fingerprint density at radius 3 is 2.57 bits per heavy atom. The minimum atomic E-state index is -3.87. The van der Waals surface area contributed by atoms with Crippen molar-refractivity contribution in [1.82, 2.24) is 0 Å². The Labute approximate surface area is 184 Å². The number of benzene rings is 3. The van der Waals surface area contributed by atoms with E-state index in [2.05, 4.69) is 21.2 Å². The lowest BCUT2D eigenvalue weighted by Crippen LogP contribution is -2.40. The Hall–Kier alpha value is -2.64. The number of nitrogens with one attached hydrogen (secondary N) is 1. The van der Waals surface area contributed by atoms with E-state index >= 15 is 0 Å². The highest BCUT2D eigenvalue weighted by Gasteiger charge is 2.36. The molecule has 0 bridgehead atoms. The van der Waals surface area contributed by atoms with E-state index in [0.717, 1.165) is 33.3 Å². The quantitative estimate of drug-likeness (QED) is 0.557. The highest BCUT2D eigenvalue weighted by molar-refractivity contribution is 9.10. The van der Waals surface area contributed by atoms with Gasteiger partial charge in [-0.05, 0) is 48.7 Å². The smallest absolute Gasteiger partial charge is 0.265 e. The number of nitrogens with zero attached hydrogens (tertiary/aromatic N) is 1. The summed E-state index contributed by atoms with van der Waals surface area (Å²) in [5.41, 5.74) is 4.60. The standard InChI is InChI=1S/C23H21BrN2O3S/c1-3-16-8-6-7-15(2)23(16)25-22(27)14-26-20-12-11-17(24)13-19(20)18-9-4-5-10-21(18)30(26,28)29/h4-13H,3,14H2,1-2H3,(H,25,27). The van der Waals surface area contributed by atoms with Gasteiger partial charge in [-0.1, -0.05) is 59.3 Å². The van der Waals surface area contributed by atoms with Gasteiger partial charge in [0.25, 0.3) is 10.0 Å². The first kappa shape index (κ1) is 20.6. The van der Waals surface area contributed by atoms with Crippen LogP contribution in [0.1, 0.15) is 18.1 Å². The maximum Gasteiger partial charge on any atom is 0.265 e. The number of halogens is 1. The lowest BCUT2D eigenvalue weighted by atomic mass is 10.0. The third-order valence-corrected chi connectivity index (χ3v) is 7.58. The zero-order valence-electron chi connectivity index (χ0n) is 16.6. The van der Waals surface area contributed by atoms with Gasteiger partial charge in [0.05, 0.1) is 10.6 Å². The van der Waals surface area contributed by atoms with Gasteiger partial charge in [0.1, 0.15) is 6.54 Å². The summed E-state index contributed by atoms with van der Waals surface area (Å²) in [4.78, 5) is 13.2. The first-order chi connectivity index (χ1) is 14.3. The van der Waals surface area contributed by atoms with Crippen LogP contribution in [0.15, 0.2) is 70.0 Å². The third kappa shape index (κ3) is 3.52. The monoisotopic (exact) mass is 484 g/mol. The molecule has 3 aromatic rings. The maximum absolute atomic E-state index is 13.4. The van der Waals surface area contributed by atoms with Crippen LogP contribution < -0.4 is 9.62 Å². The molecule has 0 atom stereocenters. The van der Waals surface area contributed by atoms with E-state index in [1.807, 2.05) is 44.2 Å². The molecule has 0 aliphatic carbocycles. The number of aryl methyl sites for hydroxylation is 2. The number of carbonyl (C=O) groups excluding carboxylic acids is 1. The zero-order chi connectivity index (χ0) is 21.5. The van der Waals surface area contributed by atoms with Crippen LogP contribution in [0.25, 0.3) is 11.1 Å². The second kappa shape index (κ2) is 7.89. The summed E-state index contributed by atoms with van der Waals surface area (Å²) >= 11 is 3.46. The van der Waals surface area contributed by atoms with Gasteiger partial charge < -0.3 is 5.32 Å². The molecule has 0 saturated carbocycles. The van der Waals surface area contributed by atoms with E-state index < -0.39 is 10.0 Å². The summed E-state index contributed by atoms with van der Waals surface area (Å²) in [5.74, 6) is -0.379. The van der Waals surface area contributed by atoms with Gasteiger partial charge in [0.2, 0.25) is 5.91 Å². The summed E-state index contributed by atoms with van der Waals surface area (Å²) in [6, 6.07) is 18.1. The molecule has 0 aromatic heterocycles. The second-order valence-electron chi connectivity index (χ2n) is 7.18. The minimum absolute atomic E-state index is 0.202. The van der Waals surface area contributed by atoms with Crippen LogP contribution in [0.4, 0.5) is 11.4 Å². The van der Waals surface area contributed by atoms with Crippen molar-refractivity contribution >= 4 is 43.2 Å². The van der Waals surface area contributed by atoms with Crippen molar-refractivity contribution < 1.29 is 13.2 Å². The minimum Gasteiger partial charge on any atom is -0.324 e. The van der Waals surface area contributed by atoms with E-state index in [1.54, 1.807) is 30.3 Å². The molecule has 0 radical (unpaired) electrons. The molecule has 0 fully saturated rings. The number of fused-ring (bicyclic) bond motifs is 3. The van der Waals surface area contributed by atoms with Crippen molar-refractivity contribution in [1.29, 1.82) is 0 Å². The molecule has 0 spiro atoms. The van der Waals surface area contributed by atoms with Gasteiger partial charge >= 0.3 is 0 Å². The molecule has 30 heavy (non-hydrogen) atoms. The number of para-hydroxylation sites is 1. The number of sulfonamides is 1. The van der Waals surface area contributed by atoms with E-state index in [-0.39, 0.29) is 17.3 Å². The number of rotatable bonds is 4. The molecule has 0 saturated heterocycles. The lowest BCUT2D eigenvalue weighted by Gasteiger charge is -2.31. The average molecular weight is 485 g/mol. The highest BCUT2D eigenvalue weighted by atomic mass is 79.9. The molecule has 0 unspecified atom stereocenters. The Bertz CT molecular complexity index is 1260. The SMILES string of the molecule is CCc1cccc(C)c1NC(=O)CN1c2ccc(Br)cc2-c2ccccc2S1(=O)=O. The van der Waals surface area contributed by atoms with Gasteiger partial charge in [-0.15, -0.1) is 0 Å².